The molecule has 6 aromatic rings. The SMILES string of the molecule is C.COC(=O)[C@H](Br)Cc1ccc2ccccc2c1.COC(=O)[C@H](Cc1ccc2ccccc2c1)ON1C(=O)c2ccccc2C1=O.O=C1c2ccccc2C(=O)N1O. The number of nitrogens with zero attached hydrogens (tertiary/aromatic N) is 2. The molecule has 0 unspecified atom stereocenters. The van der Waals surface area contributed by atoms with Crippen molar-refractivity contribution in [3.8, 4) is 0 Å². The third kappa shape index (κ3) is 9.35. The highest BCUT2D eigenvalue weighted by atomic mass is 79.9. The van der Waals surface area contributed by atoms with Gasteiger partial charge in [-0.2, -0.15) is 0 Å². The van der Waals surface area contributed by atoms with E-state index in [0.29, 0.717) is 11.5 Å². The van der Waals surface area contributed by atoms with Crippen LogP contribution in [-0.4, -0.2) is 76.1 Å². The fourth-order valence-electron chi connectivity index (χ4n) is 6.23. The molecule has 0 spiro atoms. The molecule has 0 bridgehead atoms. The van der Waals surface area contributed by atoms with Crippen molar-refractivity contribution < 1.29 is 48.3 Å². The summed E-state index contributed by atoms with van der Waals surface area (Å²) in [5.41, 5.74) is 2.96. The molecular formula is C45H39BrN2O10. The number of esters is 2. The summed E-state index contributed by atoms with van der Waals surface area (Å²) in [6.45, 7) is 0. The first kappa shape index (κ1) is 42.6. The van der Waals surface area contributed by atoms with Crippen molar-refractivity contribution in [1.82, 2.24) is 10.1 Å². The highest BCUT2D eigenvalue weighted by Crippen LogP contribution is 2.26. The van der Waals surface area contributed by atoms with Crippen molar-refractivity contribution in [1.29, 1.82) is 0 Å². The Morgan fingerprint density at radius 1 is 0.552 bits per heavy atom. The highest BCUT2D eigenvalue weighted by Gasteiger charge is 2.40. The Balaban J connectivity index is 0.000000181. The molecule has 2 aliphatic rings. The summed E-state index contributed by atoms with van der Waals surface area (Å²) in [4.78, 5) is 76.0. The van der Waals surface area contributed by atoms with E-state index in [2.05, 4.69) is 44.9 Å². The fourth-order valence-corrected chi connectivity index (χ4v) is 6.79. The number of rotatable bonds is 8. The zero-order chi connectivity index (χ0) is 40.6. The standard InChI is InChI=1S/C22H17NO5.C14H13BrO2.C8H5NO3.CH4/c1-27-22(26)19(13-14-10-11-15-6-2-3-7-16(15)12-14)28-23-20(24)17-8-4-5-9-18(17)21(23)25;1-17-14(16)13(15)9-10-6-7-11-4-2-3-5-12(11)8-10;10-7-5-3-1-2-4-6(5)8(11)9(7)12;/h2-12,19H,13H2,1H3;2-8,13H,9H2,1H3;1-4,12H;1H4/t19-;13-;;/m01../s1. The van der Waals surface area contributed by atoms with Crippen LogP contribution in [0.2, 0.25) is 0 Å². The zero-order valence-electron chi connectivity index (χ0n) is 30.7. The molecule has 2 heterocycles. The summed E-state index contributed by atoms with van der Waals surface area (Å²) in [5, 5.41) is 14.2. The molecule has 296 valence electrons. The van der Waals surface area contributed by atoms with Gasteiger partial charge in [-0.15, -0.1) is 10.1 Å². The zero-order valence-corrected chi connectivity index (χ0v) is 32.3. The summed E-state index contributed by atoms with van der Waals surface area (Å²) < 4.78 is 9.50. The summed E-state index contributed by atoms with van der Waals surface area (Å²) in [6.07, 6.45) is -0.337. The number of halogens is 1. The van der Waals surface area contributed by atoms with Crippen LogP contribution in [0.4, 0.5) is 0 Å². The molecule has 0 saturated carbocycles. The van der Waals surface area contributed by atoms with Crippen LogP contribution >= 0.6 is 15.9 Å². The first-order chi connectivity index (χ1) is 27.5. The molecule has 0 fully saturated rings. The van der Waals surface area contributed by atoms with Gasteiger partial charge in [0, 0.05) is 6.42 Å². The Hall–Kier alpha value is -6.54. The van der Waals surface area contributed by atoms with Crippen molar-refractivity contribution in [2.24, 2.45) is 0 Å². The van der Waals surface area contributed by atoms with Gasteiger partial charge in [0.25, 0.3) is 23.6 Å². The van der Waals surface area contributed by atoms with Crippen molar-refractivity contribution in [3.63, 3.8) is 0 Å². The quantitative estimate of drug-likeness (QED) is 0.0695. The van der Waals surface area contributed by atoms with Gasteiger partial charge in [0.05, 0.1) is 36.5 Å². The maximum Gasteiger partial charge on any atom is 0.338 e. The normalized spacial score (nSPS) is 13.7. The van der Waals surface area contributed by atoms with Crippen molar-refractivity contribution >= 4 is 73.0 Å². The van der Waals surface area contributed by atoms with Crippen molar-refractivity contribution in [2.45, 2.75) is 31.2 Å². The van der Waals surface area contributed by atoms with Crippen LogP contribution in [0, 0.1) is 0 Å². The van der Waals surface area contributed by atoms with Gasteiger partial charge in [0.15, 0.2) is 6.10 Å². The average Bonchev–Trinajstić information content (AvgIpc) is 3.62. The van der Waals surface area contributed by atoms with Gasteiger partial charge < -0.3 is 9.47 Å². The Bertz CT molecular complexity index is 2450. The van der Waals surface area contributed by atoms with Gasteiger partial charge in [0.1, 0.15) is 4.83 Å². The largest absolute Gasteiger partial charge is 0.468 e. The van der Waals surface area contributed by atoms with E-state index in [9.17, 15) is 28.8 Å². The molecule has 0 saturated heterocycles. The minimum absolute atomic E-state index is 0. The molecule has 58 heavy (non-hydrogen) atoms. The van der Waals surface area contributed by atoms with E-state index >= 15 is 0 Å². The molecular weight excluding hydrogens is 808 g/mol. The second kappa shape index (κ2) is 19.1. The average molecular weight is 848 g/mol. The number of fused-ring (bicyclic) bond motifs is 4. The number of ether oxygens (including phenoxy) is 2. The Morgan fingerprint density at radius 3 is 1.36 bits per heavy atom. The van der Waals surface area contributed by atoms with E-state index < -0.39 is 35.7 Å². The van der Waals surface area contributed by atoms with Gasteiger partial charge in [0.2, 0.25) is 0 Å². The Labute approximate surface area is 342 Å². The van der Waals surface area contributed by atoms with Gasteiger partial charge in [-0.1, -0.05) is 133 Å². The molecule has 0 aromatic heterocycles. The number of hydrogen-bond acceptors (Lipinski definition) is 10. The molecule has 2 aliphatic heterocycles. The number of hydroxylamine groups is 4. The summed E-state index contributed by atoms with van der Waals surface area (Å²) >= 11 is 3.33. The predicted molar refractivity (Wildman–Crippen MR) is 219 cm³/mol. The van der Waals surface area contributed by atoms with Crippen molar-refractivity contribution in [2.75, 3.05) is 14.2 Å². The highest BCUT2D eigenvalue weighted by molar-refractivity contribution is 9.10. The van der Waals surface area contributed by atoms with Gasteiger partial charge in [-0.25, -0.2) is 9.63 Å². The summed E-state index contributed by atoms with van der Waals surface area (Å²) in [5.74, 6) is -3.39. The minimum Gasteiger partial charge on any atom is -0.468 e. The van der Waals surface area contributed by atoms with E-state index in [1.807, 2.05) is 60.7 Å². The van der Waals surface area contributed by atoms with E-state index in [-0.39, 0.29) is 52.0 Å². The molecule has 6 aromatic carbocycles. The van der Waals surface area contributed by atoms with Crippen LogP contribution in [0.1, 0.15) is 60.0 Å². The van der Waals surface area contributed by atoms with Crippen LogP contribution in [0.15, 0.2) is 133 Å². The smallest absolute Gasteiger partial charge is 0.338 e. The number of amides is 4. The molecule has 13 heteroatoms. The maximum absolute atomic E-state index is 12.5. The molecule has 8 rings (SSSR count). The maximum atomic E-state index is 12.5. The van der Waals surface area contributed by atoms with Gasteiger partial charge in [-0.05, 0) is 63.4 Å². The molecule has 1 N–H and O–H groups in total. The predicted octanol–water partition coefficient (Wildman–Crippen LogP) is 7.78. The first-order valence-electron chi connectivity index (χ1n) is 17.6. The number of imide groups is 2. The van der Waals surface area contributed by atoms with E-state index in [1.165, 1.54) is 37.1 Å². The lowest BCUT2D eigenvalue weighted by atomic mass is 10.0. The third-order valence-corrected chi connectivity index (χ3v) is 9.84. The topological polar surface area (TPSA) is 157 Å². The van der Waals surface area contributed by atoms with Gasteiger partial charge >= 0.3 is 11.9 Å². The van der Waals surface area contributed by atoms with E-state index in [4.69, 9.17) is 14.8 Å². The number of hydrogen-bond donors (Lipinski definition) is 1. The van der Waals surface area contributed by atoms with E-state index in [0.717, 1.165) is 21.9 Å². The number of benzene rings is 6. The van der Waals surface area contributed by atoms with E-state index in [1.54, 1.807) is 36.4 Å². The van der Waals surface area contributed by atoms with Crippen LogP contribution in [0.3, 0.4) is 0 Å². The van der Waals surface area contributed by atoms with Crippen LogP contribution in [0.5, 0.6) is 0 Å². The lowest BCUT2D eigenvalue weighted by Crippen LogP contribution is -2.39. The molecule has 4 amide bonds. The third-order valence-electron chi connectivity index (χ3n) is 9.15. The Morgan fingerprint density at radius 2 is 0.931 bits per heavy atom. The second-order valence-electron chi connectivity index (χ2n) is 12.8. The molecule has 12 nitrogen and oxygen atoms in total. The Kier molecular flexibility index (Phi) is 14.0. The number of alkyl halides is 1. The molecule has 2 atom stereocenters. The molecule has 0 aliphatic carbocycles. The fraction of sp³-hybridized carbons (Fsp3) is 0.156. The first-order valence-corrected chi connectivity index (χ1v) is 18.5. The van der Waals surface area contributed by atoms with Gasteiger partial charge in [-0.3, -0.25) is 29.2 Å². The lowest BCUT2D eigenvalue weighted by molar-refractivity contribution is -0.177. The van der Waals surface area contributed by atoms with Crippen LogP contribution in [-0.2, 0) is 36.7 Å². The minimum atomic E-state index is -1.13. The van der Waals surface area contributed by atoms with Crippen LogP contribution < -0.4 is 0 Å². The van der Waals surface area contributed by atoms with Crippen molar-refractivity contribution in [3.05, 3.63) is 167 Å². The molecule has 0 radical (unpaired) electrons. The monoisotopic (exact) mass is 846 g/mol. The summed E-state index contributed by atoms with van der Waals surface area (Å²) in [7, 11) is 2.64. The second-order valence-corrected chi connectivity index (χ2v) is 13.9. The van der Waals surface area contributed by atoms with Crippen LogP contribution in [0.25, 0.3) is 21.5 Å². The number of carbonyl (C=O) groups excluding carboxylic acids is 6. The lowest BCUT2D eigenvalue weighted by Gasteiger charge is -2.20. The number of carbonyl (C=O) groups is 6. The summed E-state index contributed by atoms with van der Waals surface area (Å²) in [6, 6.07) is 40.7. The number of methoxy groups -OCH3 is 2.